The summed E-state index contributed by atoms with van der Waals surface area (Å²) in [6.45, 7) is 2.47. The third-order valence-corrected chi connectivity index (χ3v) is 3.61. The number of nitrogens with zero attached hydrogens (tertiary/aromatic N) is 1. The highest BCUT2D eigenvalue weighted by Gasteiger charge is 2.02. The van der Waals surface area contributed by atoms with Crippen LogP contribution in [0.2, 0.25) is 5.02 Å². The van der Waals surface area contributed by atoms with E-state index in [-0.39, 0.29) is 0 Å². The second kappa shape index (κ2) is 5.52. The van der Waals surface area contributed by atoms with Crippen LogP contribution in [0.15, 0.2) is 41.1 Å². The summed E-state index contributed by atoms with van der Waals surface area (Å²) < 4.78 is 6.75. The van der Waals surface area contributed by atoms with Crippen LogP contribution < -0.4 is 4.74 Å². The van der Waals surface area contributed by atoms with Gasteiger partial charge in [-0.3, -0.25) is 4.98 Å². The van der Waals surface area contributed by atoms with Gasteiger partial charge in [-0.2, -0.15) is 0 Å². The molecule has 2 aromatic rings. The summed E-state index contributed by atoms with van der Waals surface area (Å²) >= 11 is 9.45. The summed E-state index contributed by atoms with van der Waals surface area (Å²) in [6.07, 6.45) is 3.32. The highest BCUT2D eigenvalue weighted by molar-refractivity contribution is 9.10. The molecule has 2 rings (SSSR count). The molecule has 0 unspecified atom stereocenters. The molecule has 0 aliphatic rings. The van der Waals surface area contributed by atoms with Gasteiger partial charge >= 0.3 is 0 Å². The van der Waals surface area contributed by atoms with Crippen LogP contribution in [-0.4, -0.2) is 4.98 Å². The fourth-order valence-corrected chi connectivity index (χ4v) is 1.81. The van der Waals surface area contributed by atoms with Crippen LogP contribution in [0.5, 0.6) is 5.75 Å². The number of halogens is 2. The number of benzene rings is 1. The molecule has 1 aromatic carbocycles. The molecular formula is C13H11BrClNO. The van der Waals surface area contributed by atoms with Crippen molar-refractivity contribution in [1.29, 1.82) is 0 Å². The molecule has 2 nitrogen and oxygen atoms in total. The van der Waals surface area contributed by atoms with Crippen molar-refractivity contribution in [3.63, 3.8) is 0 Å². The molecule has 0 saturated heterocycles. The largest absolute Gasteiger partial charge is 0.489 e. The summed E-state index contributed by atoms with van der Waals surface area (Å²) in [5.41, 5.74) is 2.07. The molecule has 0 atom stereocenters. The first-order valence-electron chi connectivity index (χ1n) is 5.14. The standard InChI is InChI=1S/C13H11BrClNO/c1-9-6-11(2-3-12(9)14)17-8-10-4-5-16-7-13(10)15/h2-7H,8H2,1H3. The molecule has 0 bridgehead atoms. The number of ether oxygens (including phenoxy) is 1. The third-order valence-electron chi connectivity index (χ3n) is 2.38. The topological polar surface area (TPSA) is 22.1 Å². The van der Waals surface area contributed by atoms with E-state index < -0.39 is 0 Å². The summed E-state index contributed by atoms with van der Waals surface area (Å²) in [7, 11) is 0. The van der Waals surface area contributed by atoms with Gasteiger partial charge in [-0.1, -0.05) is 27.5 Å². The van der Waals surface area contributed by atoms with Crippen molar-refractivity contribution in [1.82, 2.24) is 4.98 Å². The van der Waals surface area contributed by atoms with Gasteiger partial charge in [-0.15, -0.1) is 0 Å². The zero-order valence-corrected chi connectivity index (χ0v) is 11.6. The van der Waals surface area contributed by atoms with Crippen molar-refractivity contribution in [3.05, 3.63) is 57.3 Å². The lowest BCUT2D eigenvalue weighted by atomic mass is 10.2. The number of rotatable bonds is 3. The molecule has 88 valence electrons. The van der Waals surface area contributed by atoms with Crippen LogP contribution in [0.1, 0.15) is 11.1 Å². The van der Waals surface area contributed by atoms with E-state index in [9.17, 15) is 0 Å². The van der Waals surface area contributed by atoms with Gasteiger partial charge in [0.05, 0.1) is 5.02 Å². The van der Waals surface area contributed by atoms with Crippen LogP contribution in [0, 0.1) is 6.92 Å². The van der Waals surface area contributed by atoms with E-state index in [1.165, 1.54) is 0 Å². The zero-order valence-electron chi connectivity index (χ0n) is 9.28. The van der Waals surface area contributed by atoms with Crippen molar-refractivity contribution < 1.29 is 4.74 Å². The second-order valence-electron chi connectivity index (χ2n) is 3.67. The number of pyridine rings is 1. The van der Waals surface area contributed by atoms with Crippen molar-refractivity contribution >= 4 is 27.5 Å². The predicted molar refractivity (Wildman–Crippen MR) is 72.5 cm³/mol. The van der Waals surface area contributed by atoms with E-state index in [4.69, 9.17) is 16.3 Å². The summed E-state index contributed by atoms with van der Waals surface area (Å²) in [5, 5.41) is 0.626. The Morgan fingerprint density at radius 2 is 2.18 bits per heavy atom. The number of aryl methyl sites for hydroxylation is 1. The van der Waals surface area contributed by atoms with Crippen molar-refractivity contribution in [2.24, 2.45) is 0 Å². The van der Waals surface area contributed by atoms with E-state index >= 15 is 0 Å². The molecule has 0 saturated carbocycles. The van der Waals surface area contributed by atoms with Gasteiger partial charge < -0.3 is 4.74 Å². The predicted octanol–water partition coefficient (Wildman–Crippen LogP) is 4.38. The molecule has 1 aromatic heterocycles. The lowest BCUT2D eigenvalue weighted by Gasteiger charge is -2.08. The lowest BCUT2D eigenvalue weighted by Crippen LogP contribution is -1.96. The van der Waals surface area contributed by atoms with E-state index in [1.807, 2.05) is 31.2 Å². The maximum absolute atomic E-state index is 6.00. The van der Waals surface area contributed by atoms with Gasteiger partial charge in [0.1, 0.15) is 12.4 Å². The summed E-state index contributed by atoms with van der Waals surface area (Å²) in [5.74, 6) is 0.832. The third kappa shape index (κ3) is 3.20. The quantitative estimate of drug-likeness (QED) is 0.839. The minimum Gasteiger partial charge on any atom is -0.489 e. The second-order valence-corrected chi connectivity index (χ2v) is 4.93. The average Bonchev–Trinajstić information content (AvgIpc) is 2.32. The molecule has 0 aliphatic heterocycles. The first-order chi connectivity index (χ1) is 8.16. The Kier molecular flexibility index (Phi) is 4.02. The van der Waals surface area contributed by atoms with Gasteiger partial charge in [0.25, 0.3) is 0 Å². The maximum Gasteiger partial charge on any atom is 0.120 e. The van der Waals surface area contributed by atoms with Gasteiger partial charge in [0.15, 0.2) is 0 Å². The highest BCUT2D eigenvalue weighted by Crippen LogP contribution is 2.23. The van der Waals surface area contributed by atoms with Gasteiger partial charge in [-0.05, 0) is 36.8 Å². The molecule has 0 fully saturated rings. The van der Waals surface area contributed by atoms with Crippen LogP contribution in [0.3, 0.4) is 0 Å². The Labute approximate surface area is 114 Å². The number of aromatic nitrogens is 1. The van der Waals surface area contributed by atoms with E-state index in [0.29, 0.717) is 11.6 Å². The summed E-state index contributed by atoms with van der Waals surface area (Å²) in [4.78, 5) is 3.93. The fourth-order valence-electron chi connectivity index (χ4n) is 1.39. The lowest BCUT2D eigenvalue weighted by molar-refractivity contribution is 0.306. The molecule has 0 radical (unpaired) electrons. The monoisotopic (exact) mass is 311 g/mol. The van der Waals surface area contributed by atoms with E-state index in [1.54, 1.807) is 12.4 Å². The Bertz CT molecular complexity index is 531. The molecule has 17 heavy (non-hydrogen) atoms. The normalized spacial score (nSPS) is 10.3. The van der Waals surface area contributed by atoms with Crippen molar-refractivity contribution in [2.45, 2.75) is 13.5 Å². The van der Waals surface area contributed by atoms with Crippen LogP contribution >= 0.6 is 27.5 Å². The smallest absolute Gasteiger partial charge is 0.120 e. The molecule has 0 amide bonds. The Balaban J connectivity index is 2.08. The maximum atomic E-state index is 6.00. The van der Waals surface area contributed by atoms with Crippen LogP contribution in [0.4, 0.5) is 0 Å². The van der Waals surface area contributed by atoms with E-state index in [0.717, 1.165) is 21.3 Å². The average molecular weight is 313 g/mol. The Morgan fingerprint density at radius 1 is 1.35 bits per heavy atom. The van der Waals surface area contributed by atoms with Crippen molar-refractivity contribution in [3.8, 4) is 5.75 Å². The highest BCUT2D eigenvalue weighted by atomic mass is 79.9. The van der Waals surface area contributed by atoms with Gasteiger partial charge in [-0.25, -0.2) is 0 Å². The van der Waals surface area contributed by atoms with Crippen LogP contribution in [0.25, 0.3) is 0 Å². The fraction of sp³-hybridized carbons (Fsp3) is 0.154. The molecule has 4 heteroatoms. The first kappa shape index (κ1) is 12.4. The minimum absolute atomic E-state index is 0.447. The van der Waals surface area contributed by atoms with E-state index in [2.05, 4.69) is 20.9 Å². The SMILES string of the molecule is Cc1cc(OCc2ccncc2Cl)ccc1Br. The summed E-state index contributed by atoms with van der Waals surface area (Å²) in [6, 6.07) is 7.73. The molecule has 0 aliphatic carbocycles. The minimum atomic E-state index is 0.447. The zero-order chi connectivity index (χ0) is 12.3. The molecule has 0 spiro atoms. The van der Waals surface area contributed by atoms with Gasteiger partial charge in [0.2, 0.25) is 0 Å². The Morgan fingerprint density at radius 3 is 2.88 bits per heavy atom. The molecule has 1 heterocycles. The van der Waals surface area contributed by atoms with Crippen molar-refractivity contribution in [2.75, 3.05) is 0 Å². The number of hydrogen-bond donors (Lipinski definition) is 0. The Hall–Kier alpha value is -1.06. The molecule has 0 N–H and O–H groups in total. The number of hydrogen-bond acceptors (Lipinski definition) is 2. The van der Waals surface area contributed by atoms with Gasteiger partial charge in [0, 0.05) is 22.4 Å². The molecular weight excluding hydrogens is 302 g/mol. The van der Waals surface area contributed by atoms with Crippen LogP contribution in [-0.2, 0) is 6.61 Å². The first-order valence-corrected chi connectivity index (χ1v) is 6.31.